The molecule has 12 atom stereocenters. The molecule has 6 aliphatic rings. The summed E-state index contributed by atoms with van der Waals surface area (Å²) in [6.07, 6.45) is 1.59. The van der Waals surface area contributed by atoms with Crippen LogP contribution in [0.25, 0.3) is 0 Å². The number of carbonyl (C=O) groups is 1. The zero-order chi connectivity index (χ0) is 21.9. The predicted octanol–water partition coefficient (Wildman–Crippen LogP) is 0.710. The third-order valence-electron chi connectivity index (χ3n) is 10.9. The van der Waals surface area contributed by atoms with Crippen molar-refractivity contribution in [3.63, 3.8) is 0 Å². The molecule has 5 aliphatic carbocycles. The van der Waals surface area contributed by atoms with E-state index in [2.05, 4.69) is 11.8 Å². The van der Waals surface area contributed by atoms with Gasteiger partial charge in [-0.3, -0.25) is 9.69 Å². The molecular formula is C24H37NO6. The van der Waals surface area contributed by atoms with E-state index < -0.39 is 17.1 Å². The molecule has 6 fully saturated rings. The van der Waals surface area contributed by atoms with Gasteiger partial charge in [-0.25, -0.2) is 0 Å². The van der Waals surface area contributed by atoms with Crippen molar-refractivity contribution in [3.8, 4) is 0 Å². The Morgan fingerprint density at radius 2 is 1.97 bits per heavy atom. The van der Waals surface area contributed by atoms with E-state index in [-0.39, 0.29) is 53.3 Å². The van der Waals surface area contributed by atoms with E-state index in [0.29, 0.717) is 25.2 Å². The fourth-order valence-electron chi connectivity index (χ4n) is 10.4. The maximum Gasteiger partial charge on any atom is 0.141 e. The molecule has 0 aromatic heterocycles. The number of methoxy groups -OCH3 is 3. The van der Waals surface area contributed by atoms with Gasteiger partial charge in [-0.15, -0.1) is 0 Å². The molecule has 0 aromatic carbocycles. The van der Waals surface area contributed by atoms with Crippen LogP contribution in [0.5, 0.6) is 0 Å². The van der Waals surface area contributed by atoms with Crippen molar-refractivity contribution < 1.29 is 29.2 Å². The number of Topliss-reactive ketones (excluding diaryl/α,β-unsaturated/α-hetero) is 1. The normalized spacial score (nSPS) is 59.3. The van der Waals surface area contributed by atoms with E-state index in [0.717, 1.165) is 25.9 Å². The van der Waals surface area contributed by atoms with E-state index in [1.54, 1.807) is 21.3 Å². The molecule has 5 saturated carbocycles. The molecular weight excluding hydrogens is 398 g/mol. The number of piperidine rings is 1. The van der Waals surface area contributed by atoms with Gasteiger partial charge in [0.15, 0.2) is 0 Å². The number of aliphatic hydroxyl groups is 2. The number of hydrogen-bond acceptors (Lipinski definition) is 7. The van der Waals surface area contributed by atoms with Crippen molar-refractivity contribution in [1.29, 1.82) is 0 Å². The number of ether oxygens (including phenoxy) is 3. The lowest BCUT2D eigenvalue weighted by atomic mass is 9.44. The average molecular weight is 436 g/mol. The van der Waals surface area contributed by atoms with Gasteiger partial charge in [0.25, 0.3) is 0 Å². The number of aliphatic hydroxyl groups excluding tert-OH is 1. The molecule has 31 heavy (non-hydrogen) atoms. The van der Waals surface area contributed by atoms with Crippen LogP contribution in [0.1, 0.15) is 32.6 Å². The molecule has 5 unspecified atom stereocenters. The van der Waals surface area contributed by atoms with Crippen LogP contribution in [-0.2, 0) is 19.0 Å². The fourth-order valence-corrected chi connectivity index (χ4v) is 10.4. The molecule has 0 amide bonds. The van der Waals surface area contributed by atoms with Crippen molar-refractivity contribution in [2.24, 2.45) is 40.4 Å². The Morgan fingerprint density at radius 1 is 1.19 bits per heavy atom. The molecule has 7 heteroatoms. The first-order valence-electron chi connectivity index (χ1n) is 12.1. The summed E-state index contributed by atoms with van der Waals surface area (Å²) in [5, 5.41) is 23.8. The first kappa shape index (κ1) is 21.0. The highest BCUT2D eigenvalue weighted by Gasteiger charge is 2.86. The summed E-state index contributed by atoms with van der Waals surface area (Å²) in [6, 6.07) is -0.0435. The lowest BCUT2D eigenvalue weighted by Gasteiger charge is -2.66. The Hall–Kier alpha value is -0.570. The van der Waals surface area contributed by atoms with Crippen molar-refractivity contribution >= 4 is 5.78 Å². The zero-order valence-electron chi connectivity index (χ0n) is 19.1. The van der Waals surface area contributed by atoms with Gasteiger partial charge in [-0.2, -0.15) is 0 Å². The maximum atomic E-state index is 14.1. The van der Waals surface area contributed by atoms with E-state index >= 15 is 0 Å². The average Bonchev–Trinajstić information content (AvgIpc) is 3.16. The van der Waals surface area contributed by atoms with Gasteiger partial charge in [0.05, 0.1) is 35.9 Å². The summed E-state index contributed by atoms with van der Waals surface area (Å²) >= 11 is 0. The molecule has 1 saturated heterocycles. The zero-order valence-corrected chi connectivity index (χ0v) is 19.1. The highest BCUT2D eigenvalue weighted by Crippen LogP contribution is 2.78. The predicted molar refractivity (Wildman–Crippen MR) is 111 cm³/mol. The van der Waals surface area contributed by atoms with Crippen molar-refractivity contribution in [3.05, 3.63) is 0 Å². The lowest BCUT2D eigenvalue weighted by molar-refractivity contribution is -0.240. The van der Waals surface area contributed by atoms with Crippen LogP contribution in [0.15, 0.2) is 0 Å². The first-order valence-corrected chi connectivity index (χ1v) is 12.1. The van der Waals surface area contributed by atoms with E-state index in [9.17, 15) is 15.0 Å². The largest absolute Gasteiger partial charge is 0.392 e. The molecule has 7 nitrogen and oxygen atoms in total. The van der Waals surface area contributed by atoms with Crippen LogP contribution in [0.3, 0.4) is 0 Å². The second kappa shape index (κ2) is 6.51. The van der Waals surface area contributed by atoms with Crippen LogP contribution in [0.4, 0.5) is 0 Å². The molecule has 1 aliphatic heterocycles. The molecule has 0 radical (unpaired) electrons. The molecule has 1 spiro atoms. The molecule has 6 rings (SSSR count). The van der Waals surface area contributed by atoms with Crippen LogP contribution in [-0.4, -0.2) is 91.9 Å². The minimum Gasteiger partial charge on any atom is -0.392 e. The first-order chi connectivity index (χ1) is 14.9. The Kier molecular flexibility index (Phi) is 4.41. The summed E-state index contributed by atoms with van der Waals surface area (Å²) in [6.45, 7) is 4.47. The smallest absolute Gasteiger partial charge is 0.141 e. The van der Waals surface area contributed by atoms with E-state index in [1.807, 2.05) is 0 Å². The number of nitrogens with zero attached hydrogens (tertiary/aromatic N) is 1. The molecule has 1 heterocycles. The monoisotopic (exact) mass is 435 g/mol. The Bertz CT molecular complexity index is 792. The number of ketones is 1. The quantitative estimate of drug-likeness (QED) is 0.658. The number of rotatable bonds is 5. The summed E-state index contributed by atoms with van der Waals surface area (Å²) in [7, 11) is 5.17. The van der Waals surface area contributed by atoms with Crippen LogP contribution in [0, 0.1) is 40.4 Å². The standard InChI is InChI=1S/C24H37NO6/c1-5-25-10-22(11-29-2)7-6-15(26)24-13-8-12-14(30-3)9-23(28,16(13)18(12)27)17(21(24)25)19(31-4)20(22)24/h12-14,16-21,27-28H,5-11H2,1-4H3/t12?,13-,14?,16-,17+,18?,19?,20-,21+,22+,23-,24?/m1/s1. The number of carbonyl (C=O) groups excluding carboxylic acids is 1. The van der Waals surface area contributed by atoms with Gasteiger partial charge < -0.3 is 24.4 Å². The third-order valence-corrected chi connectivity index (χ3v) is 10.9. The Labute approximate surface area is 184 Å². The Balaban J connectivity index is 1.63. The summed E-state index contributed by atoms with van der Waals surface area (Å²) in [5.74, 6) is -0.198. The van der Waals surface area contributed by atoms with Gasteiger partial charge >= 0.3 is 0 Å². The van der Waals surface area contributed by atoms with E-state index in [1.165, 1.54) is 0 Å². The maximum absolute atomic E-state index is 14.1. The summed E-state index contributed by atoms with van der Waals surface area (Å²) < 4.78 is 17.9. The minimum absolute atomic E-state index is 0.0163. The molecule has 174 valence electrons. The van der Waals surface area contributed by atoms with Gasteiger partial charge in [0.2, 0.25) is 0 Å². The van der Waals surface area contributed by atoms with Crippen molar-refractivity contribution in [2.45, 2.75) is 62.6 Å². The number of likely N-dealkylation sites (tertiary alicyclic amines) is 1. The summed E-state index contributed by atoms with van der Waals surface area (Å²) in [4.78, 5) is 16.6. The number of fused-ring (bicyclic) bond motifs is 2. The van der Waals surface area contributed by atoms with Gasteiger partial charge in [0.1, 0.15) is 5.78 Å². The number of hydrogen-bond donors (Lipinski definition) is 2. The lowest BCUT2D eigenvalue weighted by Crippen LogP contribution is -2.75. The summed E-state index contributed by atoms with van der Waals surface area (Å²) in [5.41, 5.74) is -1.84. The fraction of sp³-hybridized carbons (Fsp3) is 0.958. The molecule has 7 bridgehead atoms. The van der Waals surface area contributed by atoms with Gasteiger partial charge in [-0.1, -0.05) is 6.92 Å². The van der Waals surface area contributed by atoms with Crippen molar-refractivity contribution in [1.82, 2.24) is 4.90 Å². The SMILES string of the molecule is CCN1C[C@]2(COC)CCC(=O)C34[C@@H]5CC6C(OC)C[C@@](O)([C@H]5C6O)[C@@H](C(OC)[C@@H]32)[C@H]14. The van der Waals surface area contributed by atoms with Crippen molar-refractivity contribution in [2.75, 3.05) is 41.0 Å². The molecule has 0 aromatic rings. The van der Waals surface area contributed by atoms with Crippen LogP contribution in [0.2, 0.25) is 0 Å². The second-order valence-electron chi connectivity index (χ2n) is 11.4. The highest BCUT2D eigenvalue weighted by molar-refractivity contribution is 5.89. The Morgan fingerprint density at radius 3 is 2.61 bits per heavy atom. The van der Waals surface area contributed by atoms with Crippen LogP contribution >= 0.6 is 0 Å². The van der Waals surface area contributed by atoms with Gasteiger partial charge in [-0.05, 0) is 25.3 Å². The van der Waals surface area contributed by atoms with Gasteiger partial charge in [0, 0.05) is 75.8 Å². The second-order valence-corrected chi connectivity index (χ2v) is 11.4. The highest BCUT2D eigenvalue weighted by atomic mass is 16.5. The van der Waals surface area contributed by atoms with Crippen LogP contribution < -0.4 is 0 Å². The van der Waals surface area contributed by atoms with E-state index in [4.69, 9.17) is 14.2 Å². The molecule has 2 N–H and O–H groups in total. The topological polar surface area (TPSA) is 88.5 Å². The third kappa shape index (κ3) is 2.07. The minimum atomic E-state index is -1.09.